The lowest BCUT2D eigenvalue weighted by atomic mass is 9.88. The van der Waals surface area contributed by atoms with E-state index in [1.54, 1.807) is 35.2 Å². The quantitative estimate of drug-likeness (QED) is 0.570. The van der Waals surface area contributed by atoms with E-state index in [0.717, 1.165) is 15.6 Å². The van der Waals surface area contributed by atoms with E-state index in [1.807, 2.05) is 49.4 Å². The summed E-state index contributed by atoms with van der Waals surface area (Å²) in [6, 6.07) is 22.0. The second-order valence-corrected chi connectivity index (χ2v) is 8.28. The van der Waals surface area contributed by atoms with Crippen molar-refractivity contribution in [3.8, 4) is 0 Å². The second kappa shape index (κ2) is 7.58. The molecule has 3 aromatic rings. The summed E-state index contributed by atoms with van der Waals surface area (Å²) >= 11 is 3.36. The van der Waals surface area contributed by atoms with Crippen molar-refractivity contribution < 1.29 is 14.7 Å². The SMILES string of the molecule is Cc1ccc(CN2C(=O)C(O)(CC(=O)c3cccc(Br)c3)c3ccccc32)cc1. The van der Waals surface area contributed by atoms with Crippen molar-refractivity contribution in [2.24, 2.45) is 0 Å². The first-order valence-corrected chi connectivity index (χ1v) is 10.2. The lowest BCUT2D eigenvalue weighted by molar-refractivity contribution is -0.136. The number of halogens is 1. The van der Waals surface area contributed by atoms with Crippen LogP contribution in [0.2, 0.25) is 0 Å². The highest BCUT2D eigenvalue weighted by Crippen LogP contribution is 2.43. The Labute approximate surface area is 177 Å². The molecule has 29 heavy (non-hydrogen) atoms. The Balaban J connectivity index is 1.67. The number of carbonyl (C=O) groups is 2. The summed E-state index contributed by atoms with van der Waals surface area (Å²) in [5.74, 6) is -0.753. The van der Waals surface area contributed by atoms with Crippen LogP contribution in [0.3, 0.4) is 0 Å². The number of nitrogens with zero attached hydrogens (tertiary/aromatic N) is 1. The normalized spacial score (nSPS) is 18.0. The predicted octanol–water partition coefficient (Wildman–Crippen LogP) is 4.76. The van der Waals surface area contributed by atoms with Crippen molar-refractivity contribution in [3.63, 3.8) is 0 Å². The molecule has 0 fully saturated rings. The van der Waals surface area contributed by atoms with Gasteiger partial charge in [0.05, 0.1) is 18.7 Å². The van der Waals surface area contributed by atoms with E-state index in [1.165, 1.54) is 0 Å². The van der Waals surface area contributed by atoms with Crippen LogP contribution in [0, 0.1) is 6.92 Å². The summed E-state index contributed by atoms with van der Waals surface area (Å²) < 4.78 is 0.773. The minimum atomic E-state index is -1.87. The van der Waals surface area contributed by atoms with Crippen LogP contribution in [0.15, 0.2) is 77.3 Å². The van der Waals surface area contributed by atoms with E-state index >= 15 is 0 Å². The maximum atomic E-state index is 13.3. The van der Waals surface area contributed by atoms with Crippen molar-refractivity contribution in [1.29, 1.82) is 0 Å². The van der Waals surface area contributed by atoms with E-state index in [-0.39, 0.29) is 12.2 Å². The highest BCUT2D eigenvalue weighted by Gasteiger charge is 2.50. The molecule has 0 bridgehead atoms. The Hall–Kier alpha value is -2.76. The van der Waals surface area contributed by atoms with E-state index < -0.39 is 11.5 Å². The molecule has 1 unspecified atom stereocenters. The van der Waals surface area contributed by atoms with Gasteiger partial charge >= 0.3 is 0 Å². The summed E-state index contributed by atoms with van der Waals surface area (Å²) in [4.78, 5) is 27.7. The Bertz CT molecular complexity index is 1090. The number of fused-ring (bicyclic) bond motifs is 1. The Kier molecular flexibility index (Phi) is 5.11. The molecule has 146 valence electrons. The van der Waals surface area contributed by atoms with Gasteiger partial charge in [0.15, 0.2) is 11.4 Å². The molecule has 0 spiro atoms. The van der Waals surface area contributed by atoms with Gasteiger partial charge < -0.3 is 10.0 Å². The maximum absolute atomic E-state index is 13.3. The Morgan fingerprint density at radius 2 is 1.76 bits per heavy atom. The standard InChI is InChI=1S/C24H20BrNO3/c1-16-9-11-17(12-10-16)15-26-21-8-3-2-7-20(21)24(29,23(26)28)14-22(27)18-5-4-6-19(25)13-18/h2-13,29H,14-15H2,1H3. The number of anilines is 1. The van der Waals surface area contributed by atoms with Crippen LogP contribution < -0.4 is 4.90 Å². The highest BCUT2D eigenvalue weighted by atomic mass is 79.9. The molecular weight excluding hydrogens is 430 g/mol. The Morgan fingerprint density at radius 3 is 2.48 bits per heavy atom. The average Bonchev–Trinajstić information content (AvgIpc) is 2.92. The third kappa shape index (κ3) is 3.63. The van der Waals surface area contributed by atoms with Gasteiger partial charge in [0.25, 0.3) is 5.91 Å². The molecule has 1 heterocycles. The van der Waals surface area contributed by atoms with E-state index in [0.29, 0.717) is 23.4 Å². The van der Waals surface area contributed by atoms with E-state index in [9.17, 15) is 14.7 Å². The largest absolute Gasteiger partial charge is 0.375 e. The monoisotopic (exact) mass is 449 g/mol. The summed E-state index contributed by atoms with van der Waals surface area (Å²) in [5.41, 5.74) is 1.79. The van der Waals surface area contributed by atoms with Crippen molar-refractivity contribution in [1.82, 2.24) is 0 Å². The fourth-order valence-electron chi connectivity index (χ4n) is 3.71. The summed E-state index contributed by atoms with van der Waals surface area (Å²) in [7, 11) is 0. The Morgan fingerprint density at radius 1 is 1.03 bits per heavy atom. The fourth-order valence-corrected chi connectivity index (χ4v) is 4.11. The number of hydrogen-bond acceptors (Lipinski definition) is 3. The molecular formula is C24H20BrNO3. The number of amides is 1. The summed E-state index contributed by atoms with van der Waals surface area (Å²) in [6.07, 6.45) is -0.302. The molecule has 0 radical (unpaired) electrons. The van der Waals surface area contributed by atoms with Gasteiger partial charge in [-0.25, -0.2) is 0 Å². The molecule has 0 saturated heterocycles. The van der Waals surface area contributed by atoms with Crippen LogP contribution >= 0.6 is 15.9 Å². The number of carbonyl (C=O) groups excluding carboxylic acids is 2. The average molecular weight is 450 g/mol. The molecule has 4 rings (SSSR count). The number of Topliss-reactive ketones (excluding diaryl/α,β-unsaturated/α-hetero) is 1. The van der Waals surface area contributed by atoms with Gasteiger partial charge in [0, 0.05) is 15.6 Å². The first-order valence-electron chi connectivity index (χ1n) is 9.37. The van der Waals surface area contributed by atoms with Gasteiger partial charge in [-0.1, -0.05) is 76.1 Å². The molecule has 1 aliphatic heterocycles. The van der Waals surface area contributed by atoms with Crippen molar-refractivity contribution in [3.05, 3.63) is 99.5 Å². The zero-order chi connectivity index (χ0) is 20.6. The van der Waals surface area contributed by atoms with Gasteiger partial charge in [-0.2, -0.15) is 0 Å². The minimum absolute atomic E-state index is 0.283. The predicted molar refractivity (Wildman–Crippen MR) is 116 cm³/mol. The van der Waals surface area contributed by atoms with Gasteiger partial charge in [0.2, 0.25) is 0 Å². The van der Waals surface area contributed by atoms with Gasteiger partial charge in [-0.15, -0.1) is 0 Å². The zero-order valence-corrected chi connectivity index (χ0v) is 17.5. The van der Waals surface area contributed by atoms with E-state index in [2.05, 4.69) is 15.9 Å². The van der Waals surface area contributed by atoms with Gasteiger partial charge in [-0.3, -0.25) is 9.59 Å². The number of para-hydroxylation sites is 1. The lowest BCUT2D eigenvalue weighted by Crippen LogP contribution is -2.41. The lowest BCUT2D eigenvalue weighted by Gasteiger charge is -2.23. The van der Waals surface area contributed by atoms with Crippen LogP contribution in [0.4, 0.5) is 5.69 Å². The third-order valence-corrected chi connectivity index (χ3v) is 5.76. The highest BCUT2D eigenvalue weighted by molar-refractivity contribution is 9.10. The van der Waals surface area contributed by atoms with Crippen molar-refractivity contribution in [2.75, 3.05) is 4.90 Å². The first kappa shape index (κ1) is 19.6. The van der Waals surface area contributed by atoms with Crippen molar-refractivity contribution in [2.45, 2.75) is 25.5 Å². The minimum Gasteiger partial charge on any atom is -0.375 e. The first-order chi connectivity index (χ1) is 13.9. The number of hydrogen-bond donors (Lipinski definition) is 1. The number of aryl methyl sites for hydroxylation is 1. The molecule has 1 aliphatic rings. The molecule has 5 heteroatoms. The molecule has 0 aliphatic carbocycles. The van der Waals surface area contributed by atoms with Crippen LogP contribution in [0.1, 0.15) is 33.5 Å². The van der Waals surface area contributed by atoms with Crippen LogP contribution in [-0.2, 0) is 16.9 Å². The van der Waals surface area contributed by atoms with Crippen LogP contribution in [0.25, 0.3) is 0 Å². The molecule has 1 N–H and O–H groups in total. The molecule has 4 nitrogen and oxygen atoms in total. The molecule has 3 aromatic carbocycles. The van der Waals surface area contributed by atoms with Gasteiger partial charge in [0.1, 0.15) is 0 Å². The summed E-state index contributed by atoms with van der Waals surface area (Å²) in [6.45, 7) is 2.34. The topological polar surface area (TPSA) is 57.6 Å². The van der Waals surface area contributed by atoms with Crippen LogP contribution in [-0.4, -0.2) is 16.8 Å². The molecule has 1 atom stereocenters. The second-order valence-electron chi connectivity index (χ2n) is 7.36. The number of ketones is 1. The fraction of sp³-hybridized carbons (Fsp3) is 0.167. The number of rotatable bonds is 5. The smallest absolute Gasteiger partial charge is 0.264 e. The van der Waals surface area contributed by atoms with Gasteiger partial charge in [-0.05, 0) is 30.7 Å². The number of aliphatic hydroxyl groups is 1. The van der Waals surface area contributed by atoms with Crippen LogP contribution in [0.5, 0.6) is 0 Å². The summed E-state index contributed by atoms with van der Waals surface area (Å²) in [5, 5.41) is 11.4. The molecule has 1 amide bonds. The molecule has 0 aromatic heterocycles. The maximum Gasteiger partial charge on any atom is 0.264 e. The van der Waals surface area contributed by atoms with Crippen molar-refractivity contribution >= 4 is 33.3 Å². The number of benzene rings is 3. The third-order valence-electron chi connectivity index (χ3n) is 5.26. The molecule has 0 saturated carbocycles. The van der Waals surface area contributed by atoms with E-state index in [4.69, 9.17) is 0 Å². The zero-order valence-electron chi connectivity index (χ0n) is 15.9.